The second-order valence-corrected chi connectivity index (χ2v) is 5.56. The second kappa shape index (κ2) is 6.34. The minimum absolute atomic E-state index is 0.680. The van der Waals surface area contributed by atoms with Gasteiger partial charge in [0, 0.05) is 31.9 Å². The van der Waals surface area contributed by atoms with E-state index in [2.05, 4.69) is 40.5 Å². The van der Waals surface area contributed by atoms with Gasteiger partial charge in [-0.1, -0.05) is 6.92 Å². The van der Waals surface area contributed by atoms with Gasteiger partial charge in [0.2, 0.25) is 0 Å². The van der Waals surface area contributed by atoms with E-state index >= 15 is 0 Å². The predicted molar refractivity (Wildman–Crippen MR) is 74.4 cm³/mol. The molecule has 18 heavy (non-hydrogen) atoms. The zero-order valence-corrected chi connectivity index (χ0v) is 11.9. The highest BCUT2D eigenvalue weighted by Crippen LogP contribution is 2.20. The molecule has 1 saturated heterocycles. The van der Waals surface area contributed by atoms with Gasteiger partial charge in [0.05, 0.1) is 12.0 Å². The van der Waals surface area contributed by atoms with E-state index in [1.54, 1.807) is 0 Å². The first-order valence-electron chi connectivity index (χ1n) is 7.14. The maximum atomic E-state index is 4.28. The Morgan fingerprint density at radius 1 is 1.50 bits per heavy atom. The van der Waals surface area contributed by atoms with Gasteiger partial charge < -0.3 is 14.8 Å². The van der Waals surface area contributed by atoms with Gasteiger partial charge in [-0.25, -0.2) is 4.98 Å². The summed E-state index contributed by atoms with van der Waals surface area (Å²) in [6.07, 6.45) is 5.28. The molecule has 0 saturated carbocycles. The van der Waals surface area contributed by atoms with Crippen LogP contribution >= 0.6 is 0 Å². The molecule has 102 valence electrons. The monoisotopic (exact) mass is 250 g/mol. The molecule has 1 aliphatic heterocycles. The van der Waals surface area contributed by atoms with Crippen LogP contribution in [0.5, 0.6) is 0 Å². The Kier molecular flexibility index (Phi) is 4.78. The van der Waals surface area contributed by atoms with Crippen molar-refractivity contribution in [2.45, 2.75) is 46.3 Å². The number of nitrogens with one attached hydrogen (secondary N) is 1. The van der Waals surface area contributed by atoms with Gasteiger partial charge in [-0.15, -0.1) is 0 Å². The lowest BCUT2D eigenvalue weighted by Gasteiger charge is -2.20. The number of nitrogens with zero attached hydrogens (tertiary/aromatic N) is 3. The summed E-state index contributed by atoms with van der Waals surface area (Å²) in [5, 5.41) is 3.37. The molecule has 0 radical (unpaired) electrons. The van der Waals surface area contributed by atoms with Gasteiger partial charge in [0.15, 0.2) is 0 Å². The molecule has 0 aromatic carbocycles. The van der Waals surface area contributed by atoms with Crippen LogP contribution in [0.3, 0.4) is 0 Å². The third-order valence-electron chi connectivity index (χ3n) is 3.86. The maximum Gasteiger partial charge on any atom is 0.0948 e. The summed E-state index contributed by atoms with van der Waals surface area (Å²) in [6.45, 7) is 12.2. The van der Waals surface area contributed by atoms with E-state index in [-0.39, 0.29) is 0 Å². The number of aromatic nitrogens is 2. The van der Waals surface area contributed by atoms with Gasteiger partial charge in [-0.05, 0) is 39.3 Å². The van der Waals surface area contributed by atoms with Crippen LogP contribution in [0.25, 0.3) is 0 Å². The minimum Gasteiger partial charge on any atom is -0.333 e. The molecule has 1 N–H and O–H groups in total. The lowest BCUT2D eigenvalue weighted by Crippen LogP contribution is -2.29. The molecular weight excluding hydrogens is 224 g/mol. The molecule has 2 rings (SSSR count). The second-order valence-electron chi connectivity index (χ2n) is 5.56. The Morgan fingerprint density at radius 2 is 2.33 bits per heavy atom. The third kappa shape index (κ3) is 3.33. The van der Waals surface area contributed by atoms with E-state index in [9.17, 15) is 0 Å². The van der Waals surface area contributed by atoms with Crippen LogP contribution in [0.15, 0.2) is 12.5 Å². The molecule has 1 aromatic heterocycles. The van der Waals surface area contributed by atoms with Crippen molar-refractivity contribution in [2.75, 3.05) is 19.6 Å². The van der Waals surface area contributed by atoms with Crippen molar-refractivity contribution < 1.29 is 0 Å². The van der Waals surface area contributed by atoms with Crippen LogP contribution in [0, 0.1) is 5.92 Å². The molecule has 1 aliphatic rings. The molecule has 4 heteroatoms. The Morgan fingerprint density at radius 3 is 3.00 bits per heavy atom. The molecule has 4 nitrogen and oxygen atoms in total. The smallest absolute Gasteiger partial charge is 0.0948 e. The Hall–Kier alpha value is -0.870. The summed E-state index contributed by atoms with van der Waals surface area (Å²) < 4.78 is 2.32. The molecule has 0 spiro atoms. The van der Waals surface area contributed by atoms with E-state index in [1.165, 1.54) is 25.2 Å². The molecular formula is C14H26N4. The normalized spacial score (nSPS) is 21.0. The van der Waals surface area contributed by atoms with Crippen molar-refractivity contribution in [1.29, 1.82) is 0 Å². The quantitative estimate of drug-likeness (QED) is 0.834. The fourth-order valence-corrected chi connectivity index (χ4v) is 2.67. The standard InChI is InChI=1S/C14H26N4/c1-4-15-7-14-8-16-11-18(14)10-13-5-6-17(9-13)12(2)3/h8,11-13,15H,4-7,9-10H2,1-3H3. The largest absolute Gasteiger partial charge is 0.333 e. The van der Waals surface area contributed by atoms with Gasteiger partial charge in [-0.3, -0.25) is 0 Å². The zero-order chi connectivity index (χ0) is 13.0. The van der Waals surface area contributed by atoms with Crippen LogP contribution in [-0.2, 0) is 13.1 Å². The number of hydrogen-bond acceptors (Lipinski definition) is 3. The van der Waals surface area contributed by atoms with Gasteiger partial charge in [-0.2, -0.15) is 0 Å². The van der Waals surface area contributed by atoms with Crippen molar-refractivity contribution in [1.82, 2.24) is 19.8 Å². The first-order valence-corrected chi connectivity index (χ1v) is 7.14. The number of hydrogen-bond donors (Lipinski definition) is 1. The molecule has 1 unspecified atom stereocenters. The number of imidazole rings is 1. The average Bonchev–Trinajstić information content (AvgIpc) is 2.96. The van der Waals surface area contributed by atoms with Crippen molar-refractivity contribution in [2.24, 2.45) is 5.92 Å². The van der Waals surface area contributed by atoms with Crippen LogP contribution in [0.1, 0.15) is 32.9 Å². The van der Waals surface area contributed by atoms with Crippen LogP contribution in [0.2, 0.25) is 0 Å². The van der Waals surface area contributed by atoms with Crippen molar-refractivity contribution >= 4 is 0 Å². The molecule has 0 bridgehead atoms. The lowest BCUT2D eigenvalue weighted by molar-refractivity contribution is 0.260. The number of rotatable bonds is 6. The molecule has 1 fully saturated rings. The minimum atomic E-state index is 0.680. The summed E-state index contributed by atoms with van der Waals surface area (Å²) in [5.41, 5.74) is 1.31. The van der Waals surface area contributed by atoms with E-state index in [1.807, 2.05) is 12.5 Å². The van der Waals surface area contributed by atoms with Gasteiger partial charge in [0.25, 0.3) is 0 Å². The first-order chi connectivity index (χ1) is 8.70. The topological polar surface area (TPSA) is 33.1 Å². The molecule has 1 atom stereocenters. The van der Waals surface area contributed by atoms with Crippen molar-refractivity contribution in [3.05, 3.63) is 18.2 Å². The highest BCUT2D eigenvalue weighted by molar-refractivity contribution is 4.98. The van der Waals surface area contributed by atoms with E-state index in [0.29, 0.717) is 6.04 Å². The van der Waals surface area contributed by atoms with Gasteiger partial charge in [0.1, 0.15) is 0 Å². The summed E-state index contributed by atoms with van der Waals surface area (Å²) in [7, 11) is 0. The summed E-state index contributed by atoms with van der Waals surface area (Å²) in [4.78, 5) is 6.86. The molecule has 0 aliphatic carbocycles. The highest BCUT2D eigenvalue weighted by Gasteiger charge is 2.24. The zero-order valence-electron chi connectivity index (χ0n) is 11.9. The SMILES string of the molecule is CCNCc1cncn1CC1CCN(C(C)C)C1. The number of likely N-dealkylation sites (tertiary alicyclic amines) is 1. The summed E-state index contributed by atoms with van der Waals surface area (Å²) in [5.74, 6) is 0.780. The highest BCUT2D eigenvalue weighted by atomic mass is 15.2. The predicted octanol–water partition coefficient (Wildman–Crippen LogP) is 1.72. The van der Waals surface area contributed by atoms with Crippen molar-refractivity contribution in [3.8, 4) is 0 Å². The van der Waals surface area contributed by atoms with Crippen molar-refractivity contribution in [3.63, 3.8) is 0 Å². The Bertz CT molecular complexity index is 358. The third-order valence-corrected chi connectivity index (χ3v) is 3.86. The van der Waals surface area contributed by atoms with Crippen LogP contribution in [-0.4, -0.2) is 40.1 Å². The molecule has 2 heterocycles. The Balaban J connectivity index is 1.88. The Labute approximate surface area is 110 Å². The maximum absolute atomic E-state index is 4.28. The lowest BCUT2D eigenvalue weighted by atomic mass is 10.1. The molecule has 0 amide bonds. The first kappa shape index (κ1) is 13.6. The fraction of sp³-hybridized carbons (Fsp3) is 0.786. The fourth-order valence-electron chi connectivity index (χ4n) is 2.67. The molecule has 1 aromatic rings. The van der Waals surface area contributed by atoms with Gasteiger partial charge >= 0.3 is 0 Å². The van der Waals surface area contributed by atoms with E-state index in [4.69, 9.17) is 0 Å². The summed E-state index contributed by atoms with van der Waals surface area (Å²) in [6, 6.07) is 0.680. The van der Waals surface area contributed by atoms with Crippen LogP contribution in [0.4, 0.5) is 0 Å². The van der Waals surface area contributed by atoms with Crippen LogP contribution < -0.4 is 5.32 Å². The van der Waals surface area contributed by atoms with E-state index < -0.39 is 0 Å². The van der Waals surface area contributed by atoms with E-state index in [0.717, 1.165) is 25.6 Å². The average molecular weight is 250 g/mol. The summed E-state index contributed by atoms with van der Waals surface area (Å²) >= 11 is 0.